The second kappa shape index (κ2) is 6.13. The van der Waals surface area contributed by atoms with E-state index in [1.165, 1.54) is 11.3 Å². The molecule has 0 saturated heterocycles. The van der Waals surface area contributed by atoms with Crippen molar-refractivity contribution >= 4 is 38.6 Å². The molecule has 1 N–H and O–H groups in total. The summed E-state index contributed by atoms with van der Waals surface area (Å²) in [5, 5.41) is 10.1. The van der Waals surface area contributed by atoms with Crippen LogP contribution in [-0.4, -0.2) is 39.2 Å². The fourth-order valence-electron chi connectivity index (χ4n) is 3.47. The average molecular weight is 393 g/mol. The second-order valence-corrected chi connectivity index (χ2v) is 7.65. The molecule has 0 bridgehead atoms. The lowest BCUT2D eigenvalue weighted by Gasteiger charge is -2.06. The lowest BCUT2D eigenvalue weighted by Crippen LogP contribution is -2.24. The van der Waals surface area contributed by atoms with E-state index in [1.807, 2.05) is 25.1 Å². The molecule has 1 atom stereocenters. The second-order valence-electron chi connectivity index (χ2n) is 6.65. The first-order valence-electron chi connectivity index (χ1n) is 8.67. The predicted octanol–water partition coefficient (Wildman–Crippen LogP) is 3.61. The highest BCUT2D eigenvalue weighted by molar-refractivity contribution is 7.22. The van der Waals surface area contributed by atoms with E-state index < -0.39 is 12.1 Å². The van der Waals surface area contributed by atoms with E-state index >= 15 is 0 Å². The van der Waals surface area contributed by atoms with Crippen LogP contribution < -0.4 is 9.47 Å². The Kier molecular flexibility index (Phi) is 3.70. The van der Waals surface area contributed by atoms with Crippen LogP contribution >= 0.6 is 11.3 Å². The average Bonchev–Trinajstić information content (AvgIpc) is 3.30. The number of carbonyl (C=O) groups is 1. The number of carboxylic acid groups (broad SMARTS) is 1. The Morgan fingerprint density at radius 3 is 2.93 bits per heavy atom. The molecule has 3 heterocycles. The molecule has 2 aromatic heterocycles. The molecule has 2 aromatic carbocycles. The molecule has 7 nitrogen and oxygen atoms in total. The standard InChI is InChI=1S/C20H15N3O4S/c1-9-5-11(17-13(6-9)22-16(26-2)8-21-17)19-23-12-3-4-14-10(18(12)28-19)7-15(27-14)20(24)25/h3-6,8,15H,7H2,1-2H3,(H,24,25)/t15-/m0/s1. The SMILES string of the molecule is COc1cnc2c(-c3nc4ccc5c(c4s3)C[C@@H](C(=O)O)O5)cc(C)cc2n1. The smallest absolute Gasteiger partial charge is 0.345 e. The third-order valence-electron chi connectivity index (χ3n) is 4.76. The van der Waals surface area contributed by atoms with E-state index in [2.05, 4.69) is 9.97 Å². The van der Waals surface area contributed by atoms with Crippen molar-refractivity contribution in [2.24, 2.45) is 0 Å². The van der Waals surface area contributed by atoms with E-state index in [1.54, 1.807) is 19.4 Å². The highest BCUT2D eigenvalue weighted by Gasteiger charge is 2.31. The van der Waals surface area contributed by atoms with Crippen molar-refractivity contribution in [2.45, 2.75) is 19.4 Å². The van der Waals surface area contributed by atoms with Crippen LogP contribution in [0, 0.1) is 6.92 Å². The topological polar surface area (TPSA) is 94.4 Å². The van der Waals surface area contributed by atoms with E-state index in [4.69, 9.17) is 14.5 Å². The summed E-state index contributed by atoms with van der Waals surface area (Å²) in [5.41, 5.74) is 5.16. The van der Waals surface area contributed by atoms with Gasteiger partial charge in [-0.2, -0.15) is 0 Å². The number of thiazole rings is 1. The van der Waals surface area contributed by atoms with Gasteiger partial charge in [-0.3, -0.25) is 0 Å². The molecule has 1 aliphatic rings. The van der Waals surface area contributed by atoms with Crippen molar-refractivity contribution in [3.05, 3.63) is 41.6 Å². The van der Waals surface area contributed by atoms with Crippen molar-refractivity contribution in [1.29, 1.82) is 0 Å². The van der Waals surface area contributed by atoms with Crippen molar-refractivity contribution in [3.63, 3.8) is 0 Å². The Bertz CT molecular complexity index is 1270. The molecule has 0 radical (unpaired) electrons. The number of aromatic nitrogens is 3. The molecule has 0 fully saturated rings. The fourth-order valence-corrected chi connectivity index (χ4v) is 4.60. The zero-order valence-electron chi connectivity index (χ0n) is 15.1. The Morgan fingerprint density at radius 1 is 1.29 bits per heavy atom. The van der Waals surface area contributed by atoms with Crippen LogP contribution in [0.4, 0.5) is 0 Å². The summed E-state index contributed by atoms with van der Waals surface area (Å²) < 4.78 is 11.7. The highest BCUT2D eigenvalue weighted by atomic mass is 32.1. The molecule has 5 rings (SSSR count). The largest absolute Gasteiger partial charge is 0.480 e. The molecular weight excluding hydrogens is 378 g/mol. The van der Waals surface area contributed by atoms with Gasteiger partial charge in [-0.15, -0.1) is 11.3 Å². The Balaban J connectivity index is 1.69. The summed E-state index contributed by atoms with van der Waals surface area (Å²) in [6.07, 6.45) is 1.09. The lowest BCUT2D eigenvalue weighted by atomic mass is 10.1. The van der Waals surface area contributed by atoms with Gasteiger partial charge in [0, 0.05) is 17.5 Å². The van der Waals surface area contributed by atoms with Gasteiger partial charge in [0.2, 0.25) is 5.88 Å². The molecule has 4 aromatic rings. The van der Waals surface area contributed by atoms with Crippen molar-refractivity contribution in [2.75, 3.05) is 7.11 Å². The van der Waals surface area contributed by atoms with E-state index in [-0.39, 0.29) is 0 Å². The number of carboxylic acids is 1. The fraction of sp³-hybridized carbons (Fsp3) is 0.200. The van der Waals surface area contributed by atoms with Gasteiger partial charge in [-0.05, 0) is 36.8 Å². The molecule has 0 unspecified atom stereocenters. The quantitative estimate of drug-likeness (QED) is 0.568. The first-order valence-corrected chi connectivity index (χ1v) is 9.49. The minimum absolute atomic E-state index is 0.342. The maximum absolute atomic E-state index is 11.3. The van der Waals surface area contributed by atoms with Crippen LogP contribution in [0.5, 0.6) is 11.6 Å². The zero-order chi connectivity index (χ0) is 19.4. The molecule has 8 heteroatoms. The molecule has 0 saturated carbocycles. The number of ether oxygens (including phenoxy) is 2. The predicted molar refractivity (Wildman–Crippen MR) is 105 cm³/mol. The number of nitrogens with zero attached hydrogens (tertiary/aromatic N) is 3. The van der Waals surface area contributed by atoms with Gasteiger partial charge in [0.1, 0.15) is 10.8 Å². The van der Waals surface area contributed by atoms with Crippen LogP contribution in [0.3, 0.4) is 0 Å². The van der Waals surface area contributed by atoms with Gasteiger partial charge in [0.05, 0.1) is 34.6 Å². The summed E-state index contributed by atoms with van der Waals surface area (Å²) >= 11 is 1.52. The number of aliphatic carboxylic acids is 1. The number of fused-ring (bicyclic) bond motifs is 4. The van der Waals surface area contributed by atoms with Gasteiger partial charge in [-0.25, -0.2) is 19.7 Å². The van der Waals surface area contributed by atoms with Crippen LogP contribution in [-0.2, 0) is 11.2 Å². The highest BCUT2D eigenvalue weighted by Crippen LogP contribution is 2.41. The van der Waals surface area contributed by atoms with Crippen molar-refractivity contribution in [1.82, 2.24) is 15.0 Å². The number of aryl methyl sites for hydroxylation is 1. The van der Waals surface area contributed by atoms with Crippen molar-refractivity contribution in [3.8, 4) is 22.2 Å². The lowest BCUT2D eigenvalue weighted by molar-refractivity contribution is -0.144. The molecule has 1 aliphatic heterocycles. The third-order valence-corrected chi connectivity index (χ3v) is 5.92. The molecule has 0 spiro atoms. The number of hydrogen-bond acceptors (Lipinski definition) is 7. The summed E-state index contributed by atoms with van der Waals surface area (Å²) in [6.45, 7) is 2.00. The number of methoxy groups -OCH3 is 1. The van der Waals surface area contributed by atoms with Gasteiger partial charge in [0.25, 0.3) is 0 Å². The zero-order valence-corrected chi connectivity index (χ0v) is 15.9. The molecule has 140 valence electrons. The molecular formula is C20H15N3O4S. The minimum atomic E-state index is -0.956. The van der Waals surface area contributed by atoms with Crippen LogP contribution in [0.25, 0.3) is 31.8 Å². The Labute approximate surface area is 163 Å². The first-order chi connectivity index (χ1) is 13.5. The van der Waals surface area contributed by atoms with Gasteiger partial charge in [0.15, 0.2) is 6.10 Å². The van der Waals surface area contributed by atoms with Crippen LogP contribution in [0.1, 0.15) is 11.1 Å². The Hall–Kier alpha value is -3.26. The Morgan fingerprint density at radius 2 is 2.14 bits per heavy atom. The number of hydrogen-bond donors (Lipinski definition) is 1. The van der Waals surface area contributed by atoms with Crippen LogP contribution in [0.15, 0.2) is 30.5 Å². The first kappa shape index (κ1) is 16.9. The van der Waals surface area contributed by atoms with E-state index in [9.17, 15) is 9.90 Å². The minimum Gasteiger partial charge on any atom is -0.480 e. The maximum atomic E-state index is 11.3. The molecule has 28 heavy (non-hydrogen) atoms. The molecule has 0 amide bonds. The number of rotatable bonds is 3. The maximum Gasteiger partial charge on any atom is 0.345 e. The number of benzene rings is 2. The van der Waals surface area contributed by atoms with E-state index in [0.717, 1.165) is 42.9 Å². The summed E-state index contributed by atoms with van der Waals surface area (Å²) in [4.78, 5) is 25.1. The summed E-state index contributed by atoms with van der Waals surface area (Å²) in [7, 11) is 1.56. The third kappa shape index (κ3) is 2.56. The van der Waals surface area contributed by atoms with Gasteiger partial charge >= 0.3 is 5.97 Å². The van der Waals surface area contributed by atoms with Gasteiger partial charge < -0.3 is 14.6 Å². The molecule has 0 aliphatic carbocycles. The van der Waals surface area contributed by atoms with Crippen LogP contribution in [0.2, 0.25) is 0 Å². The van der Waals surface area contributed by atoms with E-state index in [0.29, 0.717) is 18.1 Å². The monoisotopic (exact) mass is 393 g/mol. The normalized spacial score (nSPS) is 15.6. The summed E-state index contributed by atoms with van der Waals surface area (Å²) in [6, 6.07) is 7.66. The van der Waals surface area contributed by atoms with Gasteiger partial charge in [-0.1, -0.05) is 0 Å². The van der Waals surface area contributed by atoms with Crippen molar-refractivity contribution < 1.29 is 19.4 Å². The summed E-state index contributed by atoms with van der Waals surface area (Å²) in [5.74, 6) is 0.125.